The van der Waals surface area contributed by atoms with Gasteiger partial charge in [-0.2, -0.15) is 0 Å². The Labute approximate surface area is 124 Å². The number of aryl methyl sites for hydroxylation is 1. The molecule has 1 amide bonds. The topological polar surface area (TPSA) is 89.3 Å². The molecule has 1 aliphatic rings. The third kappa shape index (κ3) is 4.31. The van der Waals surface area contributed by atoms with Crippen molar-refractivity contribution in [2.45, 2.75) is 19.4 Å². The highest BCUT2D eigenvalue weighted by molar-refractivity contribution is 7.91. The first kappa shape index (κ1) is 15.5. The second-order valence-corrected chi connectivity index (χ2v) is 7.40. The van der Waals surface area contributed by atoms with Crippen LogP contribution in [-0.4, -0.2) is 38.4 Å². The highest BCUT2D eigenvalue weighted by atomic mass is 32.2. The predicted octanol–water partition coefficient (Wildman–Crippen LogP) is 0.222. The molecule has 1 aromatic carbocycles. The third-order valence-electron chi connectivity index (χ3n) is 3.24. The molecule has 0 aromatic heterocycles. The molecule has 0 bridgehead atoms. The molecule has 21 heavy (non-hydrogen) atoms. The first-order valence-corrected chi connectivity index (χ1v) is 8.54. The van der Waals surface area contributed by atoms with Crippen LogP contribution in [0.15, 0.2) is 18.2 Å². The van der Waals surface area contributed by atoms with Crippen molar-refractivity contribution >= 4 is 15.7 Å². The number of carbonyl (C=O) groups is 1. The Morgan fingerprint density at radius 2 is 2.19 bits per heavy atom. The molecule has 3 N–H and O–H groups in total. The number of amides is 1. The number of rotatable bonds is 2. The maximum Gasteiger partial charge on any atom is 0.251 e. The summed E-state index contributed by atoms with van der Waals surface area (Å²) in [5, 5.41) is 2.77. The molecule has 1 heterocycles. The lowest BCUT2D eigenvalue weighted by Crippen LogP contribution is -2.35. The van der Waals surface area contributed by atoms with Crippen LogP contribution in [-0.2, 0) is 9.84 Å². The van der Waals surface area contributed by atoms with Crippen LogP contribution >= 0.6 is 0 Å². The van der Waals surface area contributed by atoms with E-state index in [-0.39, 0.29) is 30.0 Å². The van der Waals surface area contributed by atoms with Gasteiger partial charge in [0.2, 0.25) is 0 Å². The van der Waals surface area contributed by atoms with Gasteiger partial charge >= 0.3 is 0 Å². The lowest BCUT2D eigenvalue weighted by atomic mass is 10.1. The summed E-state index contributed by atoms with van der Waals surface area (Å²) in [4.78, 5) is 12.2. The van der Waals surface area contributed by atoms with Gasteiger partial charge in [0.05, 0.1) is 18.1 Å². The molecule has 2 rings (SSSR count). The SMILES string of the molecule is Cc1cc(C#CCN)cc(C(=O)NC2CCS(=O)(=O)C2)c1. The van der Waals surface area contributed by atoms with Crippen molar-refractivity contribution in [1.82, 2.24) is 5.32 Å². The van der Waals surface area contributed by atoms with E-state index in [1.165, 1.54) is 0 Å². The van der Waals surface area contributed by atoms with Gasteiger partial charge in [0.1, 0.15) is 0 Å². The highest BCUT2D eigenvalue weighted by Gasteiger charge is 2.29. The quantitative estimate of drug-likeness (QED) is 0.765. The van der Waals surface area contributed by atoms with Gasteiger partial charge in [0.25, 0.3) is 5.91 Å². The average molecular weight is 306 g/mol. The number of nitrogens with two attached hydrogens (primary N) is 1. The van der Waals surface area contributed by atoms with Gasteiger partial charge in [0, 0.05) is 17.2 Å². The molecule has 6 heteroatoms. The molecule has 1 unspecified atom stereocenters. The van der Waals surface area contributed by atoms with Crippen LogP contribution < -0.4 is 11.1 Å². The zero-order valence-corrected chi connectivity index (χ0v) is 12.7. The summed E-state index contributed by atoms with van der Waals surface area (Å²) in [6, 6.07) is 5.02. The van der Waals surface area contributed by atoms with E-state index in [0.717, 1.165) is 11.1 Å². The van der Waals surface area contributed by atoms with E-state index >= 15 is 0 Å². The molecule has 5 nitrogen and oxygen atoms in total. The Balaban J connectivity index is 2.14. The molecule has 0 spiro atoms. The second-order valence-electron chi connectivity index (χ2n) is 5.17. The Hall–Kier alpha value is -1.84. The summed E-state index contributed by atoms with van der Waals surface area (Å²) < 4.78 is 22.8. The molecule has 0 saturated carbocycles. The van der Waals surface area contributed by atoms with Crippen molar-refractivity contribution in [1.29, 1.82) is 0 Å². The second kappa shape index (κ2) is 6.29. The smallest absolute Gasteiger partial charge is 0.251 e. The predicted molar refractivity (Wildman–Crippen MR) is 81.6 cm³/mol. The van der Waals surface area contributed by atoms with Crippen LogP contribution in [0.4, 0.5) is 0 Å². The largest absolute Gasteiger partial charge is 0.348 e. The summed E-state index contributed by atoms with van der Waals surface area (Å²) in [6.45, 7) is 2.14. The van der Waals surface area contributed by atoms with Crippen LogP contribution in [0.5, 0.6) is 0 Å². The molecule has 1 saturated heterocycles. The molecule has 1 aromatic rings. The Morgan fingerprint density at radius 1 is 1.43 bits per heavy atom. The fourth-order valence-electron chi connectivity index (χ4n) is 2.32. The molecule has 1 atom stereocenters. The lowest BCUT2D eigenvalue weighted by Gasteiger charge is -2.11. The molecule has 0 radical (unpaired) electrons. The van der Waals surface area contributed by atoms with Crippen molar-refractivity contribution in [2.24, 2.45) is 5.73 Å². The Kier molecular flexibility index (Phi) is 4.66. The first-order valence-electron chi connectivity index (χ1n) is 6.71. The van der Waals surface area contributed by atoms with Gasteiger partial charge in [-0.1, -0.05) is 11.8 Å². The third-order valence-corrected chi connectivity index (χ3v) is 5.01. The van der Waals surface area contributed by atoms with E-state index in [4.69, 9.17) is 5.73 Å². The molecule has 0 aliphatic carbocycles. The monoisotopic (exact) mass is 306 g/mol. The normalized spacial score (nSPS) is 19.6. The van der Waals surface area contributed by atoms with E-state index in [1.807, 2.05) is 13.0 Å². The maximum atomic E-state index is 12.2. The van der Waals surface area contributed by atoms with E-state index in [0.29, 0.717) is 12.0 Å². The van der Waals surface area contributed by atoms with Crippen LogP contribution in [0, 0.1) is 18.8 Å². The maximum absolute atomic E-state index is 12.2. The number of nitrogens with one attached hydrogen (secondary N) is 1. The fraction of sp³-hybridized carbons (Fsp3) is 0.400. The minimum Gasteiger partial charge on any atom is -0.348 e. The zero-order valence-electron chi connectivity index (χ0n) is 11.8. The van der Waals surface area contributed by atoms with Crippen LogP contribution in [0.3, 0.4) is 0 Å². The fourth-order valence-corrected chi connectivity index (χ4v) is 3.99. The first-order chi connectivity index (χ1) is 9.89. The van der Waals surface area contributed by atoms with E-state index in [1.54, 1.807) is 12.1 Å². The summed E-state index contributed by atoms with van der Waals surface area (Å²) >= 11 is 0. The van der Waals surface area contributed by atoms with Gasteiger partial charge in [0.15, 0.2) is 9.84 Å². The van der Waals surface area contributed by atoms with Gasteiger partial charge < -0.3 is 11.1 Å². The average Bonchev–Trinajstić information content (AvgIpc) is 2.75. The summed E-state index contributed by atoms with van der Waals surface area (Å²) in [5.74, 6) is 5.53. The number of sulfone groups is 1. The minimum absolute atomic E-state index is 0.0182. The Bertz CT molecular complexity index is 714. The van der Waals surface area contributed by atoms with Crippen LogP contribution in [0.1, 0.15) is 27.9 Å². The molecule has 1 aliphatic heterocycles. The van der Waals surface area contributed by atoms with Crippen LogP contribution in [0.25, 0.3) is 0 Å². The van der Waals surface area contributed by atoms with Gasteiger partial charge in [-0.05, 0) is 37.1 Å². The molecular weight excluding hydrogens is 288 g/mol. The van der Waals surface area contributed by atoms with Crippen molar-refractivity contribution in [2.75, 3.05) is 18.1 Å². The molecular formula is C15H18N2O3S. The van der Waals surface area contributed by atoms with Crippen molar-refractivity contribution in [3.05, 3.63) is 34.9 Å². The summed E-state index contributed by atoms with van der Waals surface area (Å²) in [7, 11) is -3.00. The van der Waals surface area contributed by atoms with Gasteiger partial charge in [-0.25, -0.2) is 8.42 Å². The van der Waals surface area contributed by atoms with Gasteiger partial charge in [-0.3, -0.25) is 4.79 Å². The minimum atomic E-state index is -3.00. The van der Waals surface area contributed by atoms with Crippen molar-refractivity contribution in [3.63, 3.8) is 0 Å². The Morgan fingerprint density at radius 3 is 2.81 bits per heavy atom. The summed E-state index contributed by atoms with van der Waals surface area (Å²) in [5.41, 5.74) is 7.47. The van der Waals surface area contributed by atoms with Crippen LogP contribution in [0.2, 0.25) is 0 Å². The number of carbonyl (C=O) groups excluding carboxylic acids is 1. The van der Waals surface area contributed by atoms with Crippen molar-refractivity contribution < 1.29 is 13.2 Å². The summed E-state index contributed by atoms with van der Waals surface area (Å²) in [6.07, 6.45) is 0.472. The lowest BCUT2D eigenvalue weighted by molar-refractivity contribution is 0.0941. The van der Waals surface area contributed by atoms with Crippen molar-refractivity contribution in [3.8, 4) is 11.8 Å². The van der Waals surface area contributed by atoms with Gasteiger partial charge in [-0.15, -0.1) is 0 Å². The zero-order chi connectivity index (χ0) is 15.5. The number of benzene rings is 1. The van der Waals surface area contributed by atoms with E-state index < -0.39 is 9.84 Å². The van der Waals surface area contributed by atoms with E-state index in [9.17, 15) is 13.2 Å². The molecule has 112 valence electrons. The highest BCUT2D eigenvalue weighted by Crippen LogP contribution is 2.14. The molecule has 1 fully saturated rings. The van der Waals surface area contributed by atoms with E-state index in [2.05, 4.69) is 17.2 Å². The number of hydrogen-bond acceptors (Lipinski definition) is 4. The number of hydrogen-bond donors (Lipinski definition) is 2. The standard InChI is InChI=1S/C15H18N2O3S/c1-11-7-12(3-2-5-16)9-13(8-11)15(18)17-14-4-6-21(19,20)10-14/h7-9,14H,4-6,10,16H2,1H3,(H,17,18).